The van der Waals surface area contributed by atoms with Crippen LogP contribution in [0.1, 0.15) is 26.7 Å². The fraction of sp³-hybridized carbons (Fsp3) is 0.833. The third-order valence-electron chi connectivity index (χ3n) is 1.13. The Bertz CT molecular complexity index is 50.1. The van der Waals surface area contributed by atoms with Crippen molar-refractivity contribution >= 4 is 6.29 Å². The summed E-state index contributed by atoms with van der Waals surface area (Å²) < 4.78 is 0. The first kappa shape index (κ1) is 6.67. The first-order valence-corrected chi connectivity index (χ1v) is 2.66. The van der Waals surface area contributed by atoms with Gasteiger partial charge in [-0.3, -0.25) is 4.79 Å². The Hall–Kier alpha value is -0.330. The van der Waals surface area contributed by atoms with Crippen molar-refractivity contribution in [2.45, 2.75) is 26.7 Å². The molecule has 0 aromatic rings. The van der Waals surface area contributed by atoms with Crippen LogP contribution in [0.2, 0.25) is 0 Å². The maximum absolute atomic E-state index is 9.65. The summed E-state index contributed by atoms with van der Waals surface area (Å²) in [6.07, 6.45) is 3.54. The van der Waals surface area contributed by atoms with Crippen molar-refractivity contribution in [3.63, 3.8) is 0 Å². The van der Waals surface area contributed by atoms with Gasteiger partial charge in [-0.1, -0.05) is 20.3 Å². The maximum atomic E-state index is 9.65. The largest absolute Gasteiger partial charge is 0.291 e. The van der Waals surface area contributed by atoms with Gasteiger partial charge in [0.25, 0.3) is 0 Å². The van der Waals surface area contributed by atoms with E-state index in [0.29, 0.717) is 12.3 Å². The molecule has 0 aromatic carbocycles. The van der Waals surface area contributed by atoms with Crippen molar-refractivity contribution in [1.29, 1.82) is 0 Å². The number of hydrogen-bond donors (Lipinski definition) is 0. The molecule has 1 nitrogen and oxygen atoms in total. The van der Waals surface area contributed by atoms with Gasteiger partial charge in [0.2, 0.25) is 0 Å². The lowest BCUT2D eigenvalue weighted by Gasteiger charge is -1.97. The molecule has 0 saturated carbocycles. The highest BCUT2D eigenvalue weighted by Crippen LogP contribution is 2.01. The third kappa shape index (κ3) is 3.50. The highest BCUT2D eigenvalue weighted by molar-refractivity contribution is 5.50. The Morgan fingerprint density at radius 2 is 2.29 bits per heavy atom. The summed E-state index contributed by atoms with van der Waals surface area (Å²) in [7, 11) is 0. The van der Waals surface area contributed by atoms with Crippen molar-refractivity contribution in [1.82, 2.24) is 0 Å². The van der Waals surface area contributed by atoms with Gasteiger partial charge in [0, 0.05) is 6.42 Å². The van der Waals surface area contributed by atoms with Crippen LogP contribution in [0.4, 0.5) is 0 Å². The number of hydrogen-bond acceptors (Lipinski definition) is 1. The van der Waals surface area contributed by atoms with Crippen LogP contribution in [0.5, 0.6) is 0 Å². The predicted octanol–water partition coefficient (Wildman–Crippen LogP) is 1.53. The fourth-order valence-corrected chi connectivity index (χ4v) is 0.287. The highest BCUT2D eigenvalue weighted by Gasteiger charge is 1.94. The molecule has 1 atom stereocenters. The molecular weight excluding hydrogens is 88.1 g/mol. The molecule has 41 valence electrons. The van der Waals surface area contributed by atoms with Crippen molar-refractivity contribution in [2.75, 3.05) is 0 Å². The molecule has 0 aliphatic rings. The molecule has 0 spiro atoms. The Labute approximate surface area is 44.7 Å². The Morgan fingerprint density at radius 1 is 1.71 bits per heavy atom. The summed E-state index contributed by atoms with van der Waals surface area (Å²) in [4.78, 5) is 9.65. The van der Waals surface area contributed by atoms with Crippen LogP contribution in [-0.4, -0.2) is 6.29 Å². The van der Waals surface area contributed by atoms with E-state index in [0.717, 1.165) is 6.42 Å². The quantitative estimate of drug-likeness (QED) is 0.524. The first-order valence-electron chi connectivity index (χ1n) is 2.66. The minimum atomic E-state index is 0.525. The van der Waals surface area contributed by atoms with Crippen LogP contribution < -0.4 is 0 Å². The minimum absolute atomic E-state index is 0.525. The summed E-state index contributed by atoms with van der Waals surface area (Å²) in [5.41, 5.74) is 0. The van der Waals surface area contributed by atoms with Crippen LogP contribution in [0, 0.1) is 5.92 Å². The summed E-state index contributed by atoms with van der Waals surface area (Å²) in [5.74, 6) is 0.525. The van der Waals surface area contributed by atoms with Gasteiger partial charge in [-0.05, 0) is 5.92 Å². The molecule has 0 aromatic heterocycles. The van der Waals surface area contributed by atoms with E-state index in [9.17, 15) is 4.79 Å². The third-order valence-corrected chi connectivity index (χ3v) is 1.13. The second kappa shape index (κ2) is 3.85. The van der Waals surface area contributed by atoms with Crippen molar-refractivity contribution < 1.29 is 4.79 Å². The van der Waals surface area contributed by atoms with E-state index in [-0.39, 0.29) is 0 Å². The van der Waals surface area contributed by atoms with Crippen molar-refractivity contribution in [2.24, 2.45) is 5.92 Å². The smallest absolute Gasteiger partial charge is 0.198 e. The van der Waals surface area contributed by atoms with Gasteiger partial charge >= 0.3 is 0 Å². The van der Waals surface area contributed by atoms with E-state index in [4.69, 9.17) is 0 Å². The molecule has 0 rings (SSSR count). The highest BCUT2D eigenvalue weighted by atomic mass is 16.1. The maximum Gasteiger partial charge on any atom is 0.198 e. The zero-order chi connectivity index (χ0) is 5.70. The second-order valence-electron chi connectivity index (χ2n) is 1.86. The predicted molar refractivity (Wildman–Crippen MR) is 29.8 cm³/mol. The summed E-state index contributed by atoms with van der Waals surface area (Å²) in [5, 5.41) is 0. The fourth-order valence-electron chi connectivity index (χ4n) is 0.287. The molecule has 0 saturated heterocycles. The molecule has 0 heterocycles. The second-order valence-corrected chi connectivity index (χ2v) is 1.86. The number of carbonyl (C=O) groups excluding carboxylic acids is 1. The van der Waals surface area contributed by atoms with Crippen molar-refractivity contribution in [3.05, 3.63) is 0 Å². The molecule has 0 aliphatic carbocycles. The average molecular weight is 99.2 g/mol. The van der Waals surface area contributed by atoms with E-state index in [2.05, 4.69) is 6.92 Å². The summed E-state index contributed by atoms with van der Waals surface area (Å²) in [6.45, 7) is 4.12. The molecule has 0 aliphatic heterocycles. The zero-order valence-electron chi connectivity index (χ0n) is 4.90. The average Bonchev–Trinajstić information content (AvgIpc) is 1.68. The lowest BCUT2D eigenvalue weighted by Crippen LogP contribution is -1.90. The van der Waals surface area contributed by atoms with Crippen LogP contribution >= 0.6 is 0 Å². The Morgan fingerprint density at radius 3 is 2.43 bits per heavy atom. The van der Waals surface area contributed by atoms with Gasteiger partial charge in [0.15, 0.2) is 6.29 Å². The molecule has 0 N–H and O–H groups in total. The van der Waals surface area contributed by atoms with Gasteiger partial charge in [-0.2, -0.15) is 0 Å². The van der Waals surface area contributed by atoms with E-state index in [1.165, 1.54) is 0 Å². The zero-order valence-corrected chi connectivity index (χ0v) is 4.90. The minimum Gasteiger partial charge on any atom is -0.291 e. The van der Waals surface area contributed by atoms with Crippen LogP contribution in [-0.2, 0) is 4.79 Å². The Balaban J connectivity index is 2.98. The molecule has 0 bridgehead atoms. The molecule has 1 unspecified atom stereocenters. The van der Waals surface area contributed by atoms with Gasteiger partial charge in [0.05, 0.1) is 0 Å². The molecule has 1 heteroatoms. The van der Waals surface area contributed by atoms with Crippen molar-refractivity contribution in [3.8, 4) is 0 Å². The molecule has 7 heavy (non-hydrogen) atoms. The molecular formula is C6H11O. The van der Waals surface area contributed by atoms with Gasteiger partial charge in [0.1, 0.15) is 0 Å². The number of rotatable bonds is 3. The topological polar surface area (TPSA) is 17.1 Å². The normalized spacial score (nSPS) is 13.4. The molecule has 0 fully saturated rings. The van der Waals surface area contributed by atoms with E-state index in [1.807, 2.05) is 13.2 Å². The summed E-state index contributed by atoms with van der Waals surface area (Å²) >= 11 is 0. The lowest BCUT2D eigenvalue weighted by molar-refractivity contribution is 0.516. The molecule has 1 radical (unpaired) electrons. The Kier molecular flexibility index (Phi) is 3.67. The van der Waals surface area contributed by atoms with Crippen LogP contribution in [0.3, 0.4) is 0 Å². The van der Waals surface area contributed by atoms with Crippen LogP contribution in [0.25, 0.3) is 0 Å². The van der Waals surface area contributed by atoms with Gasteiger partial charge in [-0.25, -0.2) is 0 Å². The van der Waals surface area contributed by atoms with Gasteiger partial charge in [-0.15, -0.1) is 0 Å². The standard InChI is InChI=1S/C6H11O/c1-3-6(2)4-5-7/h6H,3-4H2,1-2H3. The molecule has 0 amide bonds. The van der Waals surface area contributed by atoms with E-state index >= 15 is 0 Å². The SMILES string of the molecule is CCC(C)C[C]=O. The monoisotopic (exact) mass is 99.1 g/mol. The van der Waals surface area contributed by atoms with Crippen LogP contribution in [0.15, 0.2) is 0 Å². The van der Waals surface area contributed by atoms with E-state index in [1.54, 1.807) is 0 Å². The summed E-state index contributed by atoms with van der Waals surface area (Å²) in [6, 6.07) is 0. The first-order chi connectivity index (χ1) is 3.31. The van der Waals surface area contributed by atoms with Gasteiger partial charge < -0.3 is 0 Å². The lowest BCUT2D eigenvalue weighted by atomic mass is 10.1. The van der Waals surface area contributed by atoms with E-state index < -0.39 is 0 Å².